The van der Waals surface area contributed by atoms with Gasteiger partial charge in [0, 0.05) is 24.3 Å². The number of fused-ring (bicyclic) bond motifs is 1. The lowest BCUT2D eigenvalue weighted by Crippen LogP contribution is -2.23. The molecule has 0 radical (unpaired) electrons. The van der Waals surface area contributed by atoms with Gasteiger partial charge in [0.25, 0.3) is 0 Å². The molecule has 0 unspecified atom stereocenters. The molecule has 18 heavy (non-hydrogen) atoms. The van der Waals surface area contributed by atoms with Crippen LogP contribution < -0.4 is 15.8 Å². The predicted molar refractivity (Wildman–Crippen MR) is 69.9 cm³/mol. The number of hydrogen-bond acceptors (Lipinski definition) is 4. The number of benzene rings is 1. The van der Waals surface area contributed by atoms with E-state index in [1.165, 1.54) is 0 Å². The largest absolute Gasteiger partial charge is 0.329 e. The fourth-order valence-electron chi connectivity index (χ4n) is 1.83. The van der Waals surface area contributed by atoms with Crippen molar-refractivity contribution < 1.29 is 13.2 Å². The van der Waals surface area contributed by atoms with Gasteiger partial charge in [-0.25, -0.2) is 8.42 Å². The highest BCUT2D eigenvalue weighted by molar-refractivity contribution is 7.92. The molecule has 0 fully saturated rings. The Morgan fingerprint density at radius 3 is 2.83 bits per heavy atom. The molecule has 0 spiro atoms. The van der Waals surface area contributed by atoms with Crippen molar-refractivity contribution in [2.45, 2.75) is 12.8 Å². The lowest BCUT2D eigenvalue weighted by atomic mass is 10.0. The van der Waals surface area contributed by atoms with Crippen LogP contribution in [-0.4, -0.2) is 26.6 Å². The van der Waals surface area contributed by atoms with Crippen molar-refractivity contribution in [3.05, 3.63) is 23.8 Å². The minimum atomic E-state index is -3.38. The van der Waals surface area contributed by atoms with Crippen molar-refractivity contribution >= 4 is 27.3 Å². The molecule has 0 bridgehead atoms. The Morgan fingerprint density at radius 1 is 1.33 bits per heavy atom. The van der Waals surface area contributed by atoms with Crippen LogP contribution in [0.1, 0.15) is 12.0 Å². The Labute approximate surface area is 106 Å². The zero-order chi connectivity index (χ0) is 13.2. The van der Waals surface area contributed by atoms with E-state index >= 15 is 0 Å². The van der Waals surface area contributed by atoms with Crippen LogP contribution in [0.15, 0.2) is 18.2 Å². The Kier molecular flexibility index (Phi) is 3.53. The minimum absolute atomic E-state index is 0.0148. The van der Waals surface area contributed by atoms with E-state index in [9.17, 15) is 13.2 Å². The van der Waals surface area contributed by atoms with Crippen LogP contribution in [0, 0.1) is 0 Å². The van der Waals surface area contributed by atoms with E-state index in [4.69, 9.17) is 5.73 Å². The third kappa shape index (κ3) is 2.99. The van der Waals surface area contributed by atoms with Crippen molar-refractivity contribution in [2.24, 2.45) is 5.73 Å². The Bertz CT molecular complexity index is 569. The van der Waals surface area contributed by atoms with Crippen LogP contribution in [-0.2, 0) is 21.2 Å². The maximum Gasteiger partial charge on any atom is 0.233 e. The highest BCUT2D eigenvalue weighted by Gasteiger charge is 2.16. The first-order valence-electron chi connectivity index (χ1n) is 5.63. The van der Waals surface area contributed by atoms with E-state index < -0.39 is 10.0 Å². The first kappa shape index (κ1) is 12.8. The summed E-state index contributed by atoms with van der Waals surface area (Å²) in [5.74, 6) is -0.125. The zero-order valence-electron chi connectivity index (χ0n) is 9.77. The van der Waals surface area contributed by atoms with Gasteiger partial charge in [-0.1, -0.05) is 0 Å². The van der Waals surface area contributed by atoms with E-state index in [1.54, 1.807) is 18.2 Å². The zero-order valence-corrected chi connectivity index (χ0v) is 10.6. The van der Waals surface area contributed by atoms with Gasteiger partial charge >= 0.3 is 0 Å². The van der Waals surface area contributed by atoms with Gasteiger partial charge in [0.1, 0.15) is 0 Å². The second kappa shape index (κ2) is 4.95. The maximum atomic E-state index is 11.6. The average molecular weight is 269 g/mol. The smallest absolute Gasteiger partial charge is 0.233 e. The van der Waals surface area contributed by atoms with Crippen LogP contribution in [0.4, 0.5) is 11.4 Å². The van der Waals surface area contributed by atoms with E-state index in [0.717, 1.165) is 11.3 Å². The molecule has 0 saturated carbocycles. The average Bonchev–Trinajstić information content (AvgIpc) is 2.28. The maximum absolute atomic E-state index is 11.6. The second-order valence-corrected chi connectivity index (χ2v) is 5.97. The summed E-state index contributed by atoms with van der Waals surface area (Å²) < 4.78 is 25.6. The number of anilines is 2. The van der Waals surface area contributed by atoms with Crippen molar-refractivity contribution in [1.82, 2.24) is 0 Å². The summed E-state index contributed by atoms with van der Waals surface area (Å²) in [7, 11) is -3.38. The molecule has 98 valence electrons. The van der Waals surface area contributed by atoms with E-state index in [0.29, 0.717) is 18.5 Å². The van der Waals surface area contributed by atoms with Gasteiger partial charge in [-0.3, -0.25) is 9.52 Å². The van der Waals surface area contributed by atoms with E-state index in [1.807, 2.05) is 0 Å². The molecule has 1 heterocycles. The second-order valence-electron chi connectivity index (χ2n) is 4.13. The minimum Gasteiger partial charge on any atom is -0.329 e. The van der Waals surface area contributed by atoms with Crippen LogP contribution in [0.3, 0.4) is 0 Å². The lowest BCUT2D eigenvalue weighted by molar-refractivity contribution is -0.116. The molecule has 4 N–H and O–H groups in total. The number of nitrogens with two attached hydrogens (primary N) is 1. The number of nitrogens with one attached hydrogen (secondary N) is 2. The molecular weight excluding hydrogens is 254 g/mol. The van der Waals surface area contributed by atoms with Crippen LogP contribution in [0.25, 0.3) is 0 Å². The number of sulfonamides is 1. The summed E-state index contributed by atoms with van der Waals surface area (Å²) >= 11 is 0. The highest BCUT2D eigenvalue weighted by atomic mass is 32.2. The predicted octanol–water partition coefficient (Wildman–Crippen LogP) is 0.272. The van der Waals surface area contributed by atoms with Crippen LogP contribution in [0.5, 0.6) is 0 Å². The third-order valence-electron chi connectivity index (χ3n) is 2.66. The van der Waals surface area contributed by atoms with Crippen molar-refractivity contribution in [3.63, 3.8) is 0 Å². The number of amides is 1. The fraction of sp³-hybridized carbons (Fsp3) is 0.364. The summed E-state index contributed by atoms with van der Waals surface area (Å²) in [6.07, 6.45) is 1.04. The molecule has 2 rings (SSSR count). The van der Waals surface area contributed by atoms with Gasteiger partial charge in [0.2, 0.25) is 15.9 Å². The lowest BCUT2D eigenvalue weighted by Gasteiger charge is -2.18. The van der Waals surface area contributed by atoms with Crippen LogP contribution >= 0.6 is 0 Å². The summed E-state index contributed by atoms with van der Waals surface area (Å²) in [6.45, 7) is 0.0797. The van der Waals surface area contributed by atoms with Gasteiger partial charge in [0.05, 0.1) is 5.75 Å². The highest BCUT2D eigenvalue weighted by Crippen LogP contribution is 2.26. The number of hydrogen-bond donors (Lipinski definition) is 3. The monoisotopic (exact) mass is 269 g/mol. The van der Waals surface area contributed by atoms with Gasteiger partial charge in [-0.15, -0.1) is 0 Å². The SMILES string of the molecule is NCCS(=O)(=O)Nc1ccc2c(c1)CCC(=O)N2. The molecule has 1 aliphatic rings. The van der Waals surface area contributed by atoms with E-state index in [-0.39, 0.29) is 18.2 Å². The number of carbonyl (C=O) groups is 1. The Morgan fingerprint density at radius 2 is 2.11 bits per heavy atom. The summed E-state index contributed by atoms with van der Waals surface area (Å²) in [6, 6.07) is 5.06. The standard InChI is InChI=1S/C11H15N3O3S/c12-5-6-18(16,17)14-9-2-3-10-8(7-9)1-4-11(15)13-10/h2-3,7,14H,1,4-6,12H2,(H,13,15). The number of carbonyl (C=O) groups excluding carboxylic acids is 1. The molecule has 0 saturated heterocycles. The molecular formula is C11H15N3O3S. The number of rotatable bonds is 4. The van der Waals surface area contributed by atoms with Gasteiger partial charge in [-0.2, -0.15) is 0 Å². The van der Waals surface area contributed by atoms with Crippen molar-refractivity contribution in [1.29, 1.82) is 0 Å². The molecule has 0 aromatic heterocycles. The third-order valence-corrected chi connectivity index (χ3v) is 3.98. The van der Waals surface area contributed by atoms with E-state index in [2.05, 4.69) is 10.0 Å². The summed E-state index contributed by atoms with van der Waals surface area (Å²) in [4.78, 5) is 11.2. The molecule has 0 atom stereocenters. The van der Waals surface area contributed by atoms with Crippen molar-refractivity contribution in [2.75, 3.05) is 22.3 Å². The molecule has 1 aliphatic heterocycles. The molecule has 1 amide bonds. The molecule has 6 nitrogen and oxygen atoms in total. The van der Waals surface area contributed by atoms with Gasteiger partial charge < -0.3 is 11.1 Å². The fourth-order valence-corrected chi connectivity index (χ4v) is 2.73. The molecule has 1 aromatic carbocycles. The van der Waals surface area contributed by atoms with Gasteiger partial charge in [-0.05, 0) is 30.2 Å². The van der Waals surface area contributed by atoms with Crippen molar-refractivity contribution in [3.8, 4) is 0 Å². The van der Waals surface area contributed by atoms with Crippen LogP contribution in [0.2, 0.25) is 0 Å². The topological polar surface area (TPSA) is 101 Å². The van der Waals surface area contributed by atoms with Gasteiger partial charge in [0.15, 0.2) is 0 Å². The summed E-state index contributed by atoms with van der Waals surface area (Å²) in [5, 5.41) is 2.74. The molecule has 0 aliphatic carbocycles. The molecule has 1 aromatic rings. The first-order valence-corrected chi connectivity index (χ1v) is 7.29. The first-order chi connectivity index (χ1) is 8.50. The number of aryl methyl sites for hydroxylation is 1. The Hall–Kier alpha value is -1.60. The Balaban J connectivity index is 2.19. The normalized spacial score (nSPS) is 14.8. The summed E-state index contributed by atoms with van der Waals surface area (Å²) in [5.41, 5.74) is 7.40. The quantitative estimate of drug-likeness (QED) is 0.730. The molecule has 7 heteroatoms.